The van der Waals surface area contributed by atoms with Gasteiger partial charge in [0.15, 0.2) is 0 Å². The highest BCUT2D eigenvalue weighted by Gasteiger charge is 2.43. The molecule has 0 N–H and O–H groups in total. The first kappa shape index (κ1) is 16.8. The van der Waals surface area contributed by atoms with Crippen LogP contribution in [0.1, 0.15) is 24.4 Å². The number of carbonyl (C=O) groups is 1. The van der Waals surface area contributed by atoms with E-state index < -0.39 is 22.3 Å². The lowest BCUT2D eigenvalue weighted by atomic mass is 9.96. The first-order valence-electron chi connectivity index (χ1n) is 7.72. The van der Waals surface area contributed by atoms with Gasteiger partial charge in [0.05, 0.1) is 10.9 Å². The van der Waals surface area contributed by atoms with Gasteiger partial charge in [0.1, 0.15) is 12.0 Å². The Balaban J connectivity index is 2.10. The Morgan fingerprint density at radius 2 is 1.54 bits per heavy atom. The predicted molar refractivity (Wildman–Crippen MR) is 89.7 cm³/mol. The molecule has 5 nitrogen and oxygen atoms in total. The number of benzene rings is 2. The van der Waals surface area contributed by atoms with Crippen molar-refractivity contribution in [3.63, 3.8) is 0 Å². The van der Waals surface area contributed by atoms with Crippen LogP contribution in [0.5, 0.6) is 0 Å². The average Bonchev–Trinajstić information content (AvgIpc) is 2.62. The molecule has 2 aromatic carbocycles. The Hall–Kier alpha value is -2.02. The second kappa shape index (κ2) is 6.84. The van der Waals surface area contributed by atoms with Crippen LogP contribution in [0.2, 0.25) is 0 Å². The van der Waals surface area contributed by atoms with Crippen molar-refractivity contribution >= 4 is 15.8 Å². The number of methoxy groups -OCH3 is 1. The van der Waals surface area contributed by atoms with Crippen LogP contribution in [-0.2, 0) is 19.6 Å². The topological polar surface area (TPSA) is 63.7 Å². The third kappa shape index (κ3) is 3.13. The quantitative estimate of drug-likeness (QED) is 0.855. The Kier molecular flexibility index (Phi) is 4.80. The number of rotatable bonds is 4. The van der Waals surface area contributed by atoms with Crippen molar-refractivity contribution in [1.29, 1.82) is 0 Å². The molecule has 0 saturated carbocycles. The fourth-order valence-corrected chi connectivity index (χ4v) is 4.78. The molecule has 1 aliphatic heterocycles. The fourth-order valence-electron chi connectivity index (χ4n) is 3.04. The molecule has 6 heteroatoms. The molecule has 24 heavy (non-hydrogen) atoms. The monoisotopic (exact) mass is 345 g/mol. The molecular weight excluding hydrogens is 326 g/mol. The van der Waals surface area contributed by atoms with E-state index in [0.717, 1.165) is 5.56 Å². The third-order valence-corrected chi connectivity index (χ3v) is 6.10. The van der Waals surface area contributed by atoms with Crippen molar-refractivity contribution in [2.45, 2.75) is 30.0 Å². The zero-order valence-corrected chi connectivity index (χ0v) is 14.1. The number of sulfonamides is 1. The van der Waals surface area contributed by atoms with Gasteiger partial charge in [-0.2, -0.15) is 4.31 Å². The Labute approximate surface area is 141 Å². The number of Topliss-reactive ketones (excluding diaryl/α,β-unsaturated/α-hetero) is 1. The molecule has 0 aliphatic carbocycles. The molecule has 3 rings (SSSR count). The summed E-state index contributed by atoms with van der Waals surface area (Å²) in [5.74, 6) is -0.00443. The largest absolute Gasteiger partial charge is 0.365 e. The van der Waals surface area contributed by atoms with Gasteiger partial charge >= 0.3 is 0 Å². The number of nitrogens with zero attached hydrogens (tertiary/aromatic N) is 1. The standard InChI is InChI=1S/C18H19NO4S/c1-23-18-13-15(20)12-17(14-8-4-2-5-9-14)19(18)24(21,22)16-10-6-3-7-11-16/h2-11,17-18H,12-13H2,1H3/t17-,18-/m1/s1. The Morgan fingerprint density at radius 3 is 2.12 bits per heavy atom. The molecule has 0 amide bonds. The minimum atomic E-state index is -3.79. The van der Waals surface area contributed by atoms with Gasteiger partial charge in [-0.1, -0.05) is 48.5 Å². The summed E-state index contributed by atoms with van der Waals surface area (Å²) in [7, 11) is -2.36. The highest BCUT2D eigenvalue weighted by Crippen LogP contribution is 2.37. The maximum absolute atomic E-state index is 13.2. The molecule has 2 atom stereocenters. The van der Waals surface area contributed by atoms with E-state index in [4.69, 9.17) is 4.74 Å². The first-order valence-corrected chi connectivity index (χ1v) is 9.16. The van der Waals surface area contributed by atoms with E-state index in [1.54, 1.807) is 30.3 Å². The molecule has 0 aromatic heterocycles. The summed E-state index contributed by atoms with van der Waals surface area (Å²) in [6.07, 6.45) is -0.594. The van der Waals surface area contributed by atoms with Crippen molar-refractivity contribution in [3.8, 4) is 0 Å². The third-order valence-electron chi connectivity index (χ3n) is 4.19. The maximum atomic E-state index is 13.2. The van der Waals surface area contributed by atoms with E-state index in [1.165, 1.54) is 11.4 Å². The van der Waals surface area contributed by atoms with Crippen LogP contribution in [0.4, 0.5) is 0 Å². The second-order valence-electron chi connectivity index (χ2n) is 5.71. The van der Waals surface area contributed by atoms with Gasteiger partial charge in [-0.25, -0.2) is 8.42 Å². The van der Waals surface area contributed by atoms with E-state index in [1.807, 2.05) is 30.3 Å². The average molecular weight is 345 g/mol. The predicted octanol–water partition coefficient (Wildman–Crippen LogP) is 2.75. The number of piperidine rings is 1. The van der Waals surface area contributed by atoms with Crippen molar-refractivity contribution in [2.24, 2.45) is 0 Å². The van der Waals surface area contributed by atoms with Crippen molar-refractivity contribution in [1.82, 2.24) is 4.31 Å². The number of hydrogen-bond acceptors (Lipinski definition) is 4. The van der Waals surface area contributed by atoms with Crippen LogP contribution in [0.15, 0.2) is 65.6 Å². The van der Waals surface area contributed by atoms with E-state index in [0.29, 0.717) is 0 Å². The SMILES string of the molecule is CO[C@@H]1CC(=O)C[C@H](c2ccccc2)N1S(=O)(=O)c1ccccc1. The molecule has 1 heterocycles. The van der Waals surface area contributed by atoms with Gasteiger partial charge in [0, 0.05) is 20.0 Å². The molecule has 0 spiro atoms. The number of ether oxygens (including phenoxy) is 1. The Morgan fingerprint density at radius 1 is 0.958 bits per heavy atom. The van der Waals surface area contributed by atoms with E-state index >= 15 is 0 Å². The van der Waals surface area contributed by atoms with Crippen LogP contribution in [0.25, 0.3) is 0 Å². The summed E-state index contributed by atoms with van der Waals surface area (Å²) in [5.41, 5.74) is 0.784. The normalized spacial score (nSPS) is 22.5. The maximum Gasteiger partial charge on any atom is 0.245 e. The van der Waals surface area contributed by atoms with Gasteiger partial charge in [-0.3, -0.25) is 4.79 Å². The molecule has 2 aromatic rings. The number of hydrogen-bond donors (Lipinski definition) is 0. The molecular formula is C18H19NO4S. The van der Waals surface area contributed by atoms with Gasteiger partial charge in [0.25, 0.3) is 0 Å². The zero-order valence-electron chi connectivity index (χ0n) is 13.3. The highest BCUT2D eigenvalue weighted by atomic mass is 32.2. The zero-order chi connectivity index (χ0) is 17.2. The molecule has 126 valence electrons. The number of carbonyl (C=O) groups excluding carboxylic acids is 1. The molecule has 1 saturated heterocycles. The van der Waals surface area contributed by atoms with Crippen LogP contribution in [0, 0.1) is 0 Å². The summed E-state index contributed by atoms with van der Waals surface area (Å²) in [4.78, 5) is 12.3. The van der Waals surface area contributed by atoms with Crippen LogP contribution in [-0.4, -0.2) is 31.8 Å². The van der Waals surface area contributed by atoms with E-state index in [-0.39, 0.29) is 23.5 Å². The second-order valence-corrected chi connectivity index (χ2v) is 7.55. The summed E-state index contributed by atoms with van der Waals surface area (Å²) in [5, 5.41) is 0. The van der Waals surface area contributed by atoms with Crippen molar-refractivity contribution in [2.75, 3.05) is 7.11 Å². The summed E-state index contributed by atoms with van der Waals surface area (Å²) < 4.78 is 33.1. The minimum Gasteiger partial charge on any atom is -0.365 e. The molecule has 1 fully saturated rings. The van der Waals surface area contributed by atoms with Crippen LogP contribution >= 0.6 is 0 Å². The summed E-state index contributed by atoms with van der Waals surface area (Å²) in [6.45, 7) is 0. The fraction of sp³-hybridized carbons (Fsp3) is 0.278. The van der Waals surface area contributed by atoms with Gasteiger partial charge < -0.3 is 4.74 Å². The molecule has 0 unspecified atom stereocenters. The lowest BCUT2D eigenvalue weighted by molar-refractivity contribution is -0.131. The summed E-state index contributed by atoms with van der Waals surface area (Å²) in [6, 6.07) is 16.9. The van der Waals surface area contributed by atoms with Crippen LogP contribution in [0.3, 0.4) is 0 Å². The molecule has 1 aliphatic rings. The van der Waals surface area contributed by atoms with Crippen LogP contribution < -0.4 is 0 Å². The van der Waals surface area contributed by atoms with E-state index in [2.05, 4.69) is 0 Å². The van der Waals surface area contributed by atoms with E-state index in [9.17, 15) is 13.2 Å². The highest BCUT2D eigenvalue weighted by molar-refractivity contribution is 7.89. The molecule has 0 bridgehead atoms. The minimum absolute atomic E-state index is 0.00443. The lowest BCUT2D eigenvalue weighted by Gasteiger charge is -2.39. The van der Waals surface area contributed by atoms with Gasteiger partial charge in [0.2, 0.25) is 10.0 Å². The smallest absolute Gasteiger partial charge is 0.245 e. The number of ketones is 1. The van der Waals surface area contributed by atoms with Gasteiger partial charge in [-0.05, 0) is 17.7 Å². The lowest BCUT2D eigenvalue weighted by Crippen LogP contribution is -2.49. The van der Waals surface area contributed by atoms with Crippen molar-refractivity contribution in [3.05, 3.63) is 66.2 Å². The first-order chi connectivity index (χ1) is 11.5. The van der Waals surface area contributed by atoms with Crippen molar-refractivity contribution < 1.29 is 17.9 Å². The van der Waals surface area contributed by atoms with Gasteiger partial charge in [-0.15, -0.1) is 0 Å². The molecule has 0 radical (unpaired) electrons. The summed E-state index contributed by atoms with van der Waals surface area (Å²) >= 11 is 0. The Bertz CT molecular complexity index is 805.